The van der Waals surface area contributed by atoms with E-state index in [1.807, 2.05) is 0 Å². The number of halogens is 2. The molecule has 9 heteroatoms. The van der Waals surface area contributed by atoms with Crippen molar-refractivity contribution in [2.45, 2.75) is 4.90 Å². The quantitative estimate of drug-likeness (QED) is 0.501. The van der Waals surface area contributed by atoms with Gasteiger partial charge in [-0.2, -0.15) is 0 Å². The Bertz CT molecular complexity index is 958. The standard InChI is InChI=1S/C19H20Cl2N2O4S/c1-23(2)28(25,26)17-8-6-16(7-9-17)27-12-11-22-19(24)10-4-14-3-5-15(20)13-18(14)21/h3-10,13H,11-12H2,1-2H3,(H,22,24)/b10-4+. The summed E-state index contributed by atoms with van der Waals surface area (Å²) in [6, 6.07) is 11.1. The first-order valence-corrected chi connectivity index (χ1v) is 10.5. The Balaban J connectivity index is 1.79. The van der Waals surface area contributed by atoms with Crippen LogP contribution in [0.15, 0.2) is 53.4 Å². The number of nitrogens with zero attached hydrogens (tertiary/aromatic N) is 1. The molecule has 28 heavy (non-hydrogen) atoms. The first kappa shape index (κ1) is 22.2. The van der Waals surface area contributed by atoms with E-state index in [-0.39, 0.29) is 24.0 Å². The normalized spacial score (nSPS) is 11.8. The van der Waals surface area contributed by atoms with Crippen LogP contribution in [-0.2, 0) is 14.8 Å². The summed E-state index contributed by atoms with van der Waals surface area (Å²) in [6.07, 6.45) is 2.97. The molecule has 0 unspecified atom stereocenters. The van der Waals surface area contributed by atoms with E-state index >= 15 is 0 Å². The first-order chi connectivity index (χ1) is 13.2. The van der Waals surface area contributed by atoms with Crippen molar-refractivity contribution in [3.63, 3.8) is 0 Å². The maximum Gasteiger partial charge on any atom is 0.244 e. The number of benzene rings is 2. The second kappa shape index (κ2) is 9.93. The van der Waals surface area contributed by atoms with Gasteiger partial charge in [-0.25, -0.2) is 12.7 Å². The average molecular weight is 443 g/mol. The summed E-state index contributed by atoms with van der Waals surface area (Å²) >= 11 is 11.9. The molecule has 0 aliphatic rings. The molecule has 2 aromatic carbocycles. The van der Waals surface area contributed by atoms with Crippen molar-refractivity contribution < 1.29 is 17.9 Å². The number of amides is 1. The highest BCUT2D eigenvalue weighted by molar-refractivity contribution is 7.89. The Morgan fingerprint density at radius 3 is 2.43 bits per heavy atom. The molecular weight excluding hydrogens is 423 g/mol. The topological polar surface area (TPSA) is 75.7 Å². The Morgan fingerprint density at radius 1 is 1.14 bits per heavy atom. The average Bonchev–Trinajstić information content (AvgIpc) is 2.65. The number of rotatable bonds is 8. The molecule has 0 bridgehead atoms. The van der Waals surface area contributed by atoms with Gasteiger partial charge < -0.3 is 10.1 Å². The van der Waals surface area contributed by atoms with E-state index in [9.17, 15) is 13.2 Å². The smallest absolute Gasteiger partial charge is 0.244 e. The fourth-order valence-corrected chi connectivity index (χ4v) is 3.50. The van der Waals surface area contributed by atoms with Gasteiger partial charge in [0.25, 0.3) is 0 Å². The van der Waals surface area contributed by atoms with Crippen molar-refractivity contribution in [1.29, 1.82) is 0 Å². The van der Waals surface area contributed by atoms with Crippen LogP contribution in [0.5, 0.6) is 5.75 Å². The molecule has 150 valence electrons. The molecule has 0 atom stereocenters. The third-order valence-electron chi connectivity index (χ3n) is 3.65. The number of sulfonamides is 1. The summed E-state index contributed by atoms with van der Waals surface area (Å²) in [5.41, 5.74) is 0.685. The van der Waals surface area contributed by atoms with Crippen LogP contribution in [0.1, 0.15) is 5.56 Å². The molecule has 0 spiro atoms. The monoisotopic (exact) mass is 442 g/mol. The van der Waals surface area contributed by atoms with Crippen molar-refractivity contribution in [3.8, 4) is 5.75 Å². The van der Waals surface area contributed by atoms with Crippen LogP contribution in [-0.4, -0.2) is 45.9 Å². The summed E-state index contributed by atoms with van der Waals surface area (Å²) in [5, 5.41) is 3.66. The molecule has 1 amide bonds. The first-order valence-electron chi connectivity index (χ1n) is 8.26. The van der Waals surface area contributed by atoms with E-state index in [1.54, 1.807) is 36.4 Å². The highest BCUT2D eigenvalue weighted by Gasteiger charge is 2.16. The van der Waals surface area contributed by atoms with E-state index in [4.69, 9.17) is 27.9 Å². The molecule has 0 fully saturated rings. The van der Waals surface area contributed by atoms with Crippen molar-refractivity contribution in [1.82, 2.24) is 9.62 Å². The highest BCUT2D eigenvalue weighted by Crippen LogP contribution is 2.22. The van der Waals surface area contributed by atoms with Crippen molar-refractivity contribution in [3.05, 3.63) is 64.1 Å². The van der Waals surface area contributed by atoms with E-state index < -0.39 is 10.0 Å². The molecule has 6 nitrogen and oxygen atoms in total. The van der Waals surface area contributed by atoms with Gasteiger partial charge >= 0.3 is 0 Å². The zero-order valence-corrected chi connectivity index (χ0v) is 17.7. The zero-order valence-electron chi connectivity index (χ0n) is 15.4. The zero-order chi connectivity index (χ0) is 20.7. The largest absolute Gasteiger partial charge is 0.492 e. The molecule has 2 rings (SSSR count). The number of carbonyl (C=O) groups excluding carboxylic acids is 1. The summed E-state index contributed by atoms with van der Waals surface area (Å²) in [7, 11) is -0.528. The minimum Gasteiger partial charge on any atom is -0.492 e. The molecule has 0 heterocycles. The predicted octanol–water partition coefficient (Wildman–Crippen LogP) is 3.45. The molecule has 0 aliphatic heterocycles. The van der Waals surface area contributed by atoms with Gasteiger partial charge in [-0.15, -0.1) is 0 Å². The van der Waals surface area contributed by atoms with Crippen LogP contribution in [0.25, 0.3) is 6.08 Å². The number of ether oxygens (including phenoxy) is 1. The lowest BCUT2D eigenvalue weighted by atomic mass is 10.2. The van der Waals surface area contributed by atoms with Crippen LogP contribution in [0.2, 0.25) is 10.0 Å². The number of hydrogen-bond donors (Lipinski definition) is 1. The van der Waals surface area contributed by atoms with Gasteiger partial charge in [-0.05, 0) is 48.0 Å². The molecule has 1 N–H and O–H groups in total. The summed E-state index contributed by atoms with van der Waals surface area (Å²) < 4.78 is 30.6. The number of carbonyl (C=O) groups is 1. The van der Waals surface area contributed by atoms with Crippen LogP contribution in [0.3, 0.4) is 0 Å². The Labute approximate surface area is 174 Å². The SMILES string of the molecule is CN(C)S(=O)(=O)c1ccc(OCCNC(=O)/C=C/c2ccc(Cl)cc2Cl)cc1. The van der Waals surface area contributed by atoms with Gasteiger partial charge in [-0.3, -0.25) is 4.79 Å². The lowest BCUT2D eigenvalue weighted by Gasteiger charge is -2.12. The second-order valence-electron chi connectivity index (χ2n) is 5.90. The van der Waals surface area contributed by atoms with E-state index in [0.29, 0.717) is 21.4 Å². The van der Waals surface area contributed by atoms with Crippen LogP contribution >= 0.6 is 23.2 Å². The third-order valence-corrected chi connectivity index (χ3v) is 6.04. The summed E-state index contributed by atoms with van der Waals surface area (Å²) in [6.45, 7) is 0.524. The molecule has 0 saturated carbocycles. The van der Waals surface area contributed by atoms with Gasteiger partial charge in [0.05, 0.1) is 11.4 Å². The van der Waals surface area contributed by atoms with Gasteiger partial charge in [0.1, 0.15) is 12.4 Å². The van der Waals surface area contributed by atoms with E-state index in [1.165, 1.54) is 32.3 Å². The minimum absolute atomic E-state index is 0.184. The van der Waals surface area contributed by atoms with Gasteiger partial charge in [-0.1, -0.05) is 29.3 Å². The Kier molecular flexibility index (Phi) is 7.88. The highest BCUT2D eigenvalue weighted by atomic mass is 35.5. The van der Waals surface area contributed by atoms with Crippen LogP contribution in [0.4, 0.5) is 0 Å². The van der Waals surface area contributed by atoms with Crippen molar-refractivity contribution in [2.75, 3.05) is 27.2 Å². The molecule has 0 aliphatic carbocycles. The third kappa shape index (κ3) is 6.24. The van der Waals surface area contributed by atoms with Crippen LogP contribution in [0, 0.1) is 0 Å². The Morgan fingerprint density at radius 2 is 1.82 bits per heavy atom. The van der Waals surface area contributed by atoms with Gasteiger partial charge in [0.15, 0.2) is 0 Å². The Hall–Kier alpha value is -2.06. The van der Waals surface area contributed by atoms with Gasteiger partial charge in [0.2, 0.25) is 15.9 Å². The fraction of sp³-hybridized carbons (Fsp3) is 0.211. The summed E-state index contributed by atoms with van der Waals surface area (Å²) in [5.74, 6) is 0.220. The fourth-order valence-electron chi connectivity index (χ4n) is 2.12. The second-order valence-corrected chi connectivity index (χ2v) is 8.89. The number of nitrogens with one attached hydrogen (secondary N) is 1. The predicted molar refractivity (Wildman–Crippen MR) is 111 cm³/mol. The van der Waals surface area contributed by atoms with Crippen molar-refractivity contribution >= 4 is 45.2 Å². The van der Waals surface area contributed by atoms with Gasteiger partial charge in [0, 0.05) is 30.2 Å². The molecular formula is C19H20Cl2N2O4S. The molecule has 0 aromatic heterocycles. The van der Waals surface area contributed by atoms with E-state index in [0.717, 1.165) is 4.31 Å². The van der Waals surface area contributed by atoms with E-state index in [2.05, 4.69) is 5.32 Å². The summed E-state index contributed by atoms with van der Waals surface area (Å²) in [4.78, 5) is 12.0. The lowest BCUT2D eigenvalue weighted by molar-refractivity contribution is -0.116. The maximum atomic E-state index is 12.0. The lowest BCUT2D eigenvalue weighted by Crippen LogP contribution is -2.26. The van der Waals surface area contributed by atoms with Crippen molar-refractivity contribution in [2.24, 2.45) is 0 Å². The maximum absolute atomic E-state index is 12.0. The number of hydrogen-bond acceptors (Lipinski definition) is 4. The molecule has 2 aromatic rings. The molecule has 0 radical (unpaired) electrons. The van der Waals surface area contributed by atoms with Crippen LogP contribution < -0.4 is 10.1 Å². The minimum atomic E-state index is -3.47. The molecule has 0 saturated heterocycles.